The van der Waals surface area contributed by atoms with Crippen molar-refractivity contribution in [1.82, 2.24) is 9.97 Å². The Morgan fingerprint density at radius 3 is 2.69 bits per heavy atom. The maximum atomic E-state index is 12.4. The van der Waals surface area contributed by atoms with Gasteiger partial charge in [-0.1, -0.05) is 35.9 Å². The van der Waals surface area contributed by atoms with Crippen LogP contribution >= 0.6 is 11.6 Å². The van der Waals surface area contributed by atoms with E-state index in [2.05, 4.69) is 39.2 Å². The average molecular weight is 365 g/mol. The molecular weight excluding hydrogens is 348 g/mol. The Hall–Kier alpha value is -2.92. The van der Waals surface area contributed by atoms with E-state index in [0.29, 0.717) is 22.2 Å². The van der Waals surface area contributed by atoms with E-state index < -0.39 is 0 Å². The van der Waals surface area contributed by atoms with Gasteiger partial charge < -0.3 is 10.2 Å². The van der Waals surface area contributed by atoms with Crippen LogP contribution in [0.4, 0.5) is 17.3 Å². The summed E-state index contributed by atoms with van der Waals surface area (Å²) in [6, 6.07) is 15.5. The highest BCUT2D eigenvalue weighted by Crippen LogP contribution is 2.36. The van der Waals surface area contributed by atoms with Gasteiger partial charge in [0.2, 0.25) is 5.95 Å². The van der Waals surface area contributed by atoms with E-state index in [4.69, 9.17) is 11.6 Å². The van der Waals surface area contributed by atoms with Crippen molar-refractivity contribution in [1.29, 1.82) is 0 Å². The van der Waals surface area contributed by atoms with Crippen LogP contribution in [-0.4, -0.2) is 21.9 Å². The lowest BCUT2D eigenvalue weighted by Gasteiger charge is -2.22. The Kier molecular flexibility index (Phi) is 4.31. The first-order chi connectivity index (χ1) is 12.6. The lowest BCUT2D eigenvalue weighted by atomic mass is 10.1. The molecule has 6 heteroatoms. The maximum Gasteiger partial charge on any atom is 0.258 e. The normalized spacial score (nSPS) is 15.6. The smallest absolute Gasteiger partial charge is 0.258 e. The molecule has 0 saturated heterocycles. The monoisotopic (exact) mass is 364 g/mol. The SMILES string of the molecule is CC1Cc2ccccc2N1c1ncc(C(=O)Nc2cccc(Cl)c2)cn1. The van der Waals surface area contributed by atoms with Crippen LogP contribution in [0.1, 0.15) is 22.8 Å². The van der Waals surface area contributed by atoms with Crippen LogP contribution in [-0.2, 0) is 6.42 Å². The molecule has 0 radical (unpaired) electrons. The van der Waals surface area contributed by atoms with Crippen molar-refractivity contribution in [3.8, 4) is 0 Å². The first-order valence-corrected chi connectivity index (χ1v) is 8.76. The second-order valence-electron chi connectivity index (χ2n) is 6.29. The molecule has 1 aliphatic heterocycles. The Morgan fingerprint density at radius 1 is 1.15 bits per heavy atom. The summed E-state index contributed by atoms with van der Waals surface area (Å²) in [5.74, 6) is 0.329. The van der Waals surface area contributed by atoms with Crippen LogP contribution < -0.4 is 10.2 Å². The molecule has 2 aromatic carbocycles. The zero-order chi connectivity index (χ0) is 18.1. The van der Waals surface area contributed by atoms with Gasteiger partial charge in [0.05, 0.1) is 5.56 Å². The lowest BCUT2D eigenvalue weighted by molar-refractivity contribution is 0.102. The van der Waals surface area contributed by atoms with Gasteiger partial charge in [0.25, 0.3) is 5.91 Å². The number of fused-ring (bicyclic) bond motifs is 1. The topological polar surface area (TPSA) is 58.1 Å². The third kappa shape index (κ3) is 3.13. The zero-order valence-corrected chi connectivity index (χ0v) is 14.9. The summed E-state index contributed by atoms with van der Waals surface area (Å²) in [6.07, 6.45) is 4.06. The molecule has 0 bridgehead atoms. The van der Waals surface area contributed by atoms with Crippen molar-refractivity contribution in [3.63, 3.8) is 0 Å². The Bertz CT molecular complexity index is 958. The van der Waals surface area contributed by atoms with Crippen molar-refractivity contribution < 1.29 is 4.79 Å². The largest absolute Gasteiger partial charge is 0.322 e. The molecule has 2 heterocycles. The summed E-state index contributed by atoms with van der Waals surface area (Å²) >= 11 is 5.94. The molecule has 1 amide bonds. The minimum Gasteiger partial charge on any atom is -0.322 e. The van der Waals surface area contributed by atoms with Crippen LogP contribution in [0.5, 0.6) is 0 Å². The number of rotatable bonds is 3. The Labute approximate surface area is 156 Å². The van der Waals surface area contributed by atoms with Gasteiger partial charge in [0.15, 0.2) is 0 Å². The van der Waals surface area contributed by atoms with E-state index in [-0.39, 0.29) is 11.9 Å². The van der Waals surface area contributed by atoms with Crippen LogP contribution in [0.2, 0.25) is 5.02 Å². The van der Waals surface area contributed by atoms with Crippen molar-refractivity contribution >= 4 is 34.8 Å². The fourth-order valence-electron chi connectivity index (χ4n) is 3.20. The number of para-hydroxylation sites is 1. The van der Waals surface area contributed by atoms with Crippen molar-refractivity contribution in [3.05, 3.63) is 77.1 Å². The lowest BCUT2D eigenvalue weighted by Crippen LogP contribution is -2.26. The number of carbonyl (C=O) groups is 1. The Balaban J connectivity index is 1.55. The van der Waals surface area contributed by atoms with Crippen LogP contribution in [0.25, 0.3) is 0 Å². The van der Waals surface area contributed by atoms with Gasteiger partial charge in [0.1, 0.15) is 0 Å². The van der Waals surface area contributed by atoms with Gasteiger partial charge >= 0.3 is 0 Å². The fraction of sp³-hybridized carbons (Fsp3) is 0.150. The molecule has 5 nitrogen and oxygen atoms in total. The van der Waals surface area contributed by atoms with Gasteiger partial charge in [-0.05, 0) is 43.2 Å². The quantitative estimate of drug-likeness (QED) is 0.745. The van der Waals surface area contributed by atoms with Gasteiger partial charge in [0, 0.05) is 34.8 Å². The molecule has 1 aromatic heterocycles. The molecule has 130 valence electrons. The van der Waals surface area contributed by atoms with E-state index >= 15 is 0 Å². The Morgan fingerprint density at radius 2 is 1.92 bits per heavy atom. The number of hydrogen-bond acceptors (Lipinski definition) is 4. The molecule has 1 unspecified atom stereocenters. The molecular formula is C20H17ClN4O. The first-order valence-electron chi connectivity index (χ1n) is 8.38. The third-order valence-corrected chi connectivity index (χ3v) is 4.64. The fourth-order valence-corrected chi connectivity index (χ4v) is 3.39. The number of carbonyl (C=O) groups excluding carboxylic acids is 1. The summed E-state index contributed by atoms with van der Waals surface area (Å²) in [4.78, 5) is 23.3. The van der Waals surface area contributed by atoms with E-state index in [9.17, 15) is 4.79 Å². The number of hydrogen-bond donors (Lipinski definition) is 1. The summed E-state index contributed by atoms with van der Waals surface area (Å²) in [6.45, 7) is 2.14. The second kappa shape index (κ2) is 6.77. The van der Waals surface area contributed by atoms with Gasteiger partial charge in [-0.3, -0.25) is 4.79 Å². The van der Waals surface area contributed by atoms with Gasteiger partial charge in [-0.2, -0.15) is 0 Å². The minimum atomic E-state index is -0.270. The summed E-state index contributed by atoms with van der Waals surface area (Å²) in [7, 11) is 0. The number of anilines is 3. The number of aromatic nitrogens is 2. The molecule has 0 fully saturated rings. The number of halogens is 1. The maximum absolute atomic E-state index is 12.4. The van der Waals surface area contributed by atoms with Crippen molar-refractivity contribution in [2.75, 3.05) is 10.2 Å². The predicted molar refractivity (Wildman–Crippen MR) is 103 cm³/mol. The van der Waals surface area contributed by atoms with Gasteiger partial charge in [-0.15, -0.1) is 0 Å². The highest BCUT2D eigenvalue weighted by molar-refractivity contribution is 6.30. The van der Waals surface area contributed by atoms with Crippen molar-refractivity contribution in [2.24, 2.45) is 0 Å². The molecule has 1 atom stereocenters. The molecule has 0 spiro atoms. The highest BCUT2D eigenvalue weighted by Gasteiger charge is 2.28. The van der Waals surface area contributed by atoms with E-state index in [0.717, 1.165) is 12.1 Å². The third-order valence-electron chi connectivity index (χ3n) is 4.41. The molecule has 1 N–H and O–H groups in total. The van der Waals surface area contributed by atoms with E-state index in [1.165, 1.54) is 5.56 Å². The van der Waals surface area contributed by atoms with E-state index in [1.54, 1.807) is 36.7 Å². The first kappa shape index (κ1) is 16.5. The number of amides is 1. The zero-order valence-electron chi connectivity index (χ0n) is 14.2. The number of nitrogens with zero attached hydrogens (tertiary/aromatic N) is 3. The summed E-state index contributed by atoms with van der Waals surface area (Å²) < 4.78 is 0. The minimum absolute atomic E-state index is 0.270. The predicted octanol–water partition coefficient (Wildman–Crippen LogP) is 4.47. The molecule has 26 heavy (non-hydrogen) atoms. The molecule has 0 aliphatic carbocycles. The van der Waals surface area contributed by atoms with Gasteiger partial charge in [-0.25, -0.2) is 9.97 Å². The summed E-state index contributed by atoms with van der Waals surface area (Å²) in [5.41, 5.74) is 3.44. The van der Waals surface area contributed by atoms with Crippen LogP contribution in [0.3, 0.4) is 0 Å². The van der Waals surface area contributed by atoms with Crippen molar-refractivity contribution in [2.45, 2.75) is 19.4 Å². The van der Waals surface area contributed by atoms with Crippen LogP contribution in [0.15, 0.2) is 60.9 Å². The van der Waals surface area contributed by atoms with Crippen LogP contribution in [0, 0.1) is 0 Å². The average Bonchev–Trinajstić information content (AvgIpc) is 2.97. The second-order valence-corrected chi connectivity index (χ2v) is 6.72. The molecule has 3 aromatic rings. The number of nitrogens with one attached hydrogen (secondary N) is 1. The van der Waals surface area contributed by atoms with E-state index in [1.807, 2.05) is 12.1 Å². The molecule has 4 rings (SSSR count). The standard InChI is InChI=1S/C20H17ClN4O/c1-13-9-14-5-2-3-8-18(14)25(13)20-22-11-15(12-23-20)19(26)24-17-7-4-6-16(21)10-17/h2-8,10-13H,9H2,1H3,(H,24,26). The molecule has 0 saturated carbocycles. The molecule has 1 aliphatic rings. The highest BCUT2D eigenvalue weighted by atomic mass is 35.5. The number of benzene rings is 2. The summed E-state index contributed by atoms with van der Waals surface area (Å²) in [5, 5.41) is 3.36.